The minimum atomic E-state index is -6.95. The SMILES string of the molecule is O=P(O)(O)OP(=O)(O)OP(=O)(O)OP(=O)(O)OP(=O)(O)OP(=O)(O)OP(=O)(O)OP(=O)(O)OP(=O)(O)OP(=O)(O)OP(=O)(O)OP(=O)(O)O.[H-].[H-].[Na+].[Na+]. The predicted octanol–water partition coefficient (Wildman–Crippen LogP) is -5.41. The summed E-state index contributed by atoms with van der Waals surface area (Å²) in [5.41, 5.74) is 0. The Kier molecular flexibility index (Phi) is 23.0. The molecule has 0 radical (unpaired) electrons. The third-order valence-corrected chi connectivity index (χ3v) is 20.5. The van der Waals surface area contributed by atoms with Crippen LogP contribution in [0, 0.1) is 0 Å². The van der Waals surface area contributed by atoms with E-state index < -0.39 is 93.9 Å². The standard InChI is InChI=1S/2Na.H14O37P12.2H/c;;1-38(2,3)27-40(7,8)29-42(11,12)31-44(15,16)33-46(19,20)35-48(23,24)37-49(25,26)36-47(21,22)34-45(17,18)32-43(13,14)30-41(9,10)28-39(4,5)6;;/h;;(H,7,8)(H,9,10)(H,11,12)(H,13,14)(H,15,16)(H,17,18)(H,19,20)(H,21,22)(H,23,24)(H,25,26)(H2,1,2,3)(H2,4,5,6);;/q2*+1;;2*-1. The van der Waals surface area contributed by atoms with Gasteiger partial charge in [-0.1, -0.05) is 0 Å². The molecule has 0 heterocycles. The van der Waals surface area contributed by atoms with Crippen molar-refractivity contribution in [3.8, 4) is 0 Å². The first kappa shape index (κ1) is 59.1. The zero-order chi connectivity index (χ0) is 39.8. The Morgan fingerprint density at radius 3 is 0.373 bits per heavy atom. The third kappa shape index (κ3) is 29.6. The van der Waals surface area contributed by atoms with Crippen molar-refractivity contribution in [1.82, 2.24) is 0 Å². The first-order chi connectivity index (χ1) is 20.8. The molecule has 14 N–H and O–H groups in total. The molecule has 37 nitrogen and oxygen atoms in total. The largest absolute Gasteiger partial charge is 1.00 e. The molecule has 0 spiro atoms. The summed E-state index contributed by atoms with van der Waals surface area (Å²) in [6.07, 6.45) is 0. The van der Waals surface area contributed by atoms with Gasteiger partial charge in [0.2, 0.25) is 0 Å². The fourth-order valence-corrected chi connectivity index (χ4v) is 17.0. The normalized spacial score (nSPS) is 24.6. The van der Waals surface area contributed by atoms with Crippen molar-refractivity contribution in [2.45, 2.75) is 0 Å². The summed E-state index contributed by atoms with van der Waals surface area (Å²) in [6, 6.07) is 0. The van der Waals surface area contributed by atoms with Crippen LogP contribution in [0.25, 0.3) is 0 Å². The first-order valence-electron chi connectivity index (χ1n) is 9.01. The van der Waals surface area contributed by atoms with Gasteiger partial charge in [-0.15, -0.1) is 0 Å². The van der Waals surface area contributed by atoms with Crippen molar-refractivity contribution in [3.05, 3.63) is 0 Å². The molecule has 0 aromatic carbocycles. The topological polar surface area (TPSA) is 590 Å². The Morgan fingerprint density at radius 2 is 0.294 bits per heavy atom. The minimum absolute atomic E-state index is 0. The average molecular weight is 1030 g/mol. The maximum Gasteiger partial charge on any atom is 1.00 e. The number of phosphoric acid groups is 12. The van der Waals surface area contributed by atoms with Crippen LogP contribution in [-0.4, -0.2) is 68.5 Å². The maximum atomic E-state index is 11.8. The predicted molar refractivity (Wildman–Crippen MR) is 137 cm³/mol. The summed E-state index contributed by atoms with van der Waals surface area (Å²) in [4.78, 5) is 125. The van der Waals surface area contributed by atoms with Gasteiger partial charge in [0, 0.05) is 0 Å². The molecule has 0 aromatic rings. The van der Waals surface area contributed by atoms with E-state index in [0.717, 1.165) is 0 Å². The van der Waals surface area contributed by atoms with E-state index >= 15 is 0 Å². The van der Waals surface area contributed by atoms with E-state index in [4.69, 9.17) is 39.1 Å². The van der Waals surface area contributed by atoms with Crippen molar-refractivity contribution < 1.29 is 233 Å². The van der Waals surface area contributed by atoms with Gasteiger partial charge in [-0.3, -0.25) is 0 Å². The van der Waals surface area contributed by atoms with Gasteiger partial charge < -0.3 is 71.4 Å². The molecule has 0 fully saturated rings. The van der Waals surface area contributed by atoms with Crippen LogP contribution < -0.4 is 59.1 Å². The third-order valence-electron chi connectivity index (χ3n) is 2.28. The van der Waals surface area contributed by atoms with E-state index in [-0.39, 0.29) is 62.0 Å². The molecule has 0 saturated heterocycles. The number of hydrogen-bond donors (Lipinski definition) is 14. The molecule has 0 saturated carbocycles. The second kappa shape index (κ2) is 19.9. The van der Waals surface area contributed by atoms with Gasteiger partial charge in [0.05, 0.1) is 0 Å². The van der Waals surface area contributed by atoms with E-state index in [1.807, 2.05) is 0 Å². The average Bonchev–Trinajstić information content (AvgIpc) is 2.52. The Balaban J connectivity index is -0.00000192. The van der Waals surface area contributed by atoms with Crippen molar-refractivity contribution in [2.75, 3.05) is 0 Å². The molecule has 0 aliphatic heterocycles. The quantitative estimate of drug-likeness (QED) is 0.0355. The van der Waals surface area contributed by atoms with Crippen LogP contribution in [0.15, 0.2) is 0 Å². The summed E-state index contributed by atoms with van der Waals surface area (Å²) in [5.74, 6) is 0. The molecule has 10 unspecified atom stereocenters. The molecular formula is H16Na2O37P12. The van der Waals surface area contributed by atoms with Crippen molar-refractivity contribution >= 4 is 93.9 Å². The van der Waals surface area contributed by atoms with Gasteiger partial charge in [-0.05, 0) is 0 Å². The Morgan fingerprint density at radius 1 is 0.216 bits per heavy atom. The summed E-state index contributed by atoms with van der Waals surface area (Å²) in [6.45, 7) is 0. The Labute approximate surface area is 324 Å². The first-order valence-corrected chi connectivity index (χ1v) is 27.0. The van der Waals surface area contributed by atoms with Crippen LogP contribution in [0.2, 0.25) is 0 Å². The number of rotatable bonds is 22. The van der Waals surface area contributed by atoms with Crippen LogP contribution in [-0.2, 0) is 102 Å². The second-order valence-electron chi connectivity index (χ2n) is 6.56. The summed E-state index contributed by atoms with van der Waals surface area (Å²) < 4.78 is 171. The van der Waals surface area contributed by atoms with E-state index in [0.29, 0.717) is 0 Å². The molecule has 10 atom stereocenters. The molecule has 0 aromatic heterocycles. The fourth-order valence-electron chi connectivity index (χ4n) is 1.59. The van der Waals surface area contributed by atoms with Crippen LogP contribution in [0.1, 0.15) is 2.85 Å². The summed E-state index contributed by atoms with van der Waals surface area (Å²) in [7, 11) is -79.5. The van der Waals surface area contributed by atoms with Crippen molar-refractivity contribution in [1.29, 1.82) is 0 Å². The summed E-state index contributed by atoms with van der Waals surface area (Å²) >= 11 is 0. The Hall–Kier alpha value is 3.76. The van der Waals surface area contributed by atoms with Crippen molar-refractivity contribution in [3.63, 3.8) is 0 Å². The maximum absolute atomic E-state index is 11.8. The van der Waals surface area contributed by atoms with Gasteiger partial charge >= 0.3 is 153 Å². The van der Waals surface area contributed by atoms with Crippen LogP contribution in [0.4, 0.5) is 0 Å². The molecule has 0 amide bonds. The molecular weight excluding hydrogens is 1010 g/mol. The van der Waals surface area contributed by atoms with Gasteiger partial charge in [-0.25, -0.2) is 54.8 Å². The zero-order valence-corrected chi connectivity index (χ0v) is 37.8. The van der Waals surface area contributed by atoms with Gasteiger partial charge in [0.15, 0.2) is 0 Å². The van der Waals surface area contributed by atoms with Crippen LogP contribution >= 0.6 is 93.9 Å². The van der Waals surface area contributed by atoms with E-state index in [1.54, 1.807) is 0 Å². The smallest absolute Gasteiger partial charge is 1.00 e. The Bertz CT molecular complexity index is 1690. The van der Waals surface area contributed by atoms with E-state index in [9.17, 15) is 84.1 Å². The number of hydrogen-bond acceptors (Lipinski definition) is 23. The van der Waals surface area contributed by atoms with Gasteiger partial charge in [0.25, 0.3) is 0 Å². The van der Waals surface area contributed by atoms with Crippen LogP contribution in [0.3, 0.4) is 0 Å². The van der Waals surface area contributed by atoms with Crippen LogP contribution in [0.5, 0.6) is 0 Å². The molecule has 51 heavy (non-hydrogen) atoms. The molecule has 0 aliphatic carbocycles. The molecule has 0 aliphatic rings. The van der Waals surface area contributed by atoms with E-state index in [2.05, 4.69) is 47.4 Å². The van der Waals surface area contributed by atoms with Gasteiger partial charge in [0.1, 0.15) is 0 Å². The van der Waals surface area contributed by atoms with E-state index in [1.165, 1.54) is 0 Å². The molecule has 300 valence electrons. The zero-order valence-electron chi connectivity index (χ0n) is 25.0. The molecule has 0 rings (SSSR count). The monoisotopic (exact) mass is 1030 g/mol. The van der Waals surface area contributed by atoms with Gasteiger partial charge in [-0.2, -0.15) is 47.4 Å². The van der Waals surface area contributed by atoms with Crippen molar-refractivity contribution in [2.24, 2.45) is 0 Å². The second-order valence-corrected chi connectivity index (χ2v) is 25.1. The molecule has 0 bridgehead atoms. The molecule has 51 heteroatoms. The minimum Gasteiger partial charge on any atom is -1.00 e. The fraction of sp³-hybridized carbons (Fsp3) is 0. The summed E-state index contributed by atoms with van der Waals surface area (Å²) in [5, 5.41) is 0.